The van der Waals surface area contributed by atoms with Crippen molar-refractivity contribution in [3.63, 3.8) is 0 Å². The van der Waals surface area contributed by atoms with E-state index in [1.165, 1.54) is 62.1 Å². The van der Waals surface area contributed by atoms with Gasteiger partial charge in [-0.2, -0.15) is 6.42 Å². The summed E-state index contributed by atoms with van der Waals surface area (Å²) < 4.78 is 47.7. The van der Waals surface area contributed by atoms with Crippen molar-refractivity contribution >= 4 is 70.7 Å². The van der Waals surface area contributed by atoms with Gasteiger partial charge in [0.05, 0.1) is 14.2 Å². The predicted molar refractivity (Wildman–Crippen MR) is 568 cm³/mol. The molecule has 0 fully saturated rings. The van der Waals surface area contributed by atoms with E-state index in [9.17, 15) is 5.11 Å². The normalized spacial score (nSPS) is 13.5. The molecule has 130 heavy (non-hydrogen) atoms. The number of rotatable bonds is 7. The fourth-order valence-electron chi connectivity index (χ4n) is 16.0. The molecule has 10 rings (SSSR count). The van der Waals surface area contributed by atoms with Crippen LogP contribution in [0.4, 0.5) is 0 Å². The van der Waals surface area contributed by atoms with Crippen molar-refractivity contribution in [1.82, 2.24) is 0 Å². The molecule has 12 heteroatoms. The smallest absolute Gasteiger partial charge is 0.507 e. The first-order chi connectivity index (χ1) is 57.7. The molecule has 714 valence electrons. The molecule has 0 atom stereocenters. The summed E-state index contributed by atoms with van der Waals surface area (Å²) in [5.74, 6) is 2.83. The Morgan fingerprint density at radius 2 is 0.438 bits per heavy atom. The molecule has 0 spiro atoms. The van der Waals surface area contributed by atoms with E-state index in [-0.39, 0.29) is 106 Å². The fraction of sp³-hybridized carbons (Fsp3) is 0.585. The van der Waals surface area contributed by atoms with Gasteiger partial charge in [-0.05, 0) is 180 Å². The second-order valence-electron chi connectivity index (χ2n) is 53.4. The molecule has 8 nitrogen and oxygen atoms in total. The maximum Gasteiger partial charge on any atom is 1.00 e. The topological polar surface area (TPSA) is 100 Å². The second kappa shape index (κ2) is 38.7. The zero-order chi connectivity index (χ0) is 99.3. The van der Waals surface area contributed by atoms with Gasteiger partial charge in [0.1, 0.15) is 45.3 Å². The minimum atomic E-state index is -2.07. The molecule has 0 unspecified atom stereocenters. The maximum atomic E-state index is 11.5. The number of unbranched alkanes of at least 4 members (excludes halogenated alkanes) is 1. The summed E-state index contributed by atoms with van der Waals surface area (Å²) in [6, 6.07) is 36.8. The number of phenolic OH excluding ortho intramolecular Hbond substituents is 1. The van der Waals surface area contributed by atoms with Crippen molar-refractivity contribution < 1.29 is 54.8 Å². The van der Waals surface area contributed by atoms with Crippen LogP contribution in [0, 0.1) is 6.92 Å². The summed E-state index contributed by atoms with van der Waals surface area (Å²) in [5, 5.41) is 15.8. The van der Waals surface area contributed by atoms with Crippen molar-refractivity contribution in [2.24, 2.45) is 0 Å². The third-order valence-corrected chi connectivity index (χ3v) is 26.9. The Balaban J connectivity index is 0.000000321. The van der Waals surface area contributed by atoms with Crippen LogP contribution in [0.3, 0.4) is 0 Å². The Hall–Kier alpha value is -6.35. The van der Waals surface area contributed by atoms with E-state index in [4.69, 9.17) is 42.0 Å². The summed E-state index contributed by atoms with van der Waals surface area (Å²) >= 11 is 6.70. The number of hydrogen-bond acceptors (Lipinski definition) is 8. The summed E-state index contributed by atoms with van der Waals surface area (Å²) in [4.78, 5) is 0. The van der Waals surface area contributed by atoms with Crippen LogP contribution >= 0.6 is 26.8 Å². The molecule has 1 N–H and O–H groups in total. The predicted octanol–water partition coefficient (Wildman–Crippen LogP) is 35.6. The Morgan fingerprint density at radius 3 is 0.646 bits per heavy atom. The number of hydrogen-bond donors (Lipinski definition) is 1. The molecule has 0 amide bonds. The van der Waals surface area contributed by atoms with Gasteiger partial charge in [0.25, 0.3) is 0 Å². The van der Waals surface area contributed by atoms with Crippen LogP contribution in [0.5, 0.6) is 23.0 Å². The number of aromatic hydroxyl groups is 1. The molecule has 0 saturated carbocycles. The van der Waals surface area contributed by atoms with Crippen LogP contribution < -0.4 is 32.9 Å². The molecule has 0 bridgehead atoms. The van der Waals surface area contributed by atoms with Gasteiger partial charge in [-0.1, -0.05) is 394 Å². The van der Waals surface area contributed by atoms with E-state index in [2.05, 4.69) is 443 Å². The molecule has 2 aromatic heterocycles. The third-order valence-electron chi connectivity index (χ3n) is 24.9. The average Bonchev–Trinajstić information content (AvgIpc) is 1.48. The van der Waals surface area contributed by atoms with E-state index in [1.54, 1.807) is 14.2 Å². The maximum absolute atomic E-state index is 11.5. The number of phenols is 1. The SMILES string of the molecule is CC(C)(C)c1cc(C(C)(C)C)c2op(Cl)oc3c(C(C)(C)C)cc(C(C)(C)C)cc3c2c1.COc1c(-c2cc(C(C)(C)C)cc(C(C)(C)C)c2O)cc(C(C)(C)C)cc1C(C)(C)C.COc1c(-c2cc(C(C)(C)C)cc(C(C)(C)C)c2Op2oc3c(C(C)(C)C)cc(C(C)(C)C)cc3c3cc(C(C)(C)C)cc(C(C)(C)C)c3o2)cc(C(C)(C)C)cc1C(C)(C)C.[CH2-]CCC.[Li+]. The molecular weight excluding hydrogens is 1650 g/mol. The van der Waals surface area contributed by atoms with Gasteiger partial charge in [0.15, 0.2) is 0 Å². The fourth-order valence-corrected chi connectivity index (χ4v) is 18.2. The average molecular weight is 1830 g/mol. The molecule has 0 radical (unpaired) electrons. The Kier molecular flexibility index (Phi) is 33.4. The molecule has 2 heterocycles. The molecule has 8 aromatic carbocycles. The number of fused-ring (bicyclic) bond motifs is 6. The third kappa shape index (κ3) is 26.5. The first kappa shape index (κ1) is 112. The van der Waals surface area contributed by atoms with Gasteiger partial charge in [0.2, 0.25) is 0 Å². The summed E-state index contributed by atoms with van der Waals surface area (Å²) in [6.07, 6.45) is 2.28. The van der Waals surface area contributed by atoms with Gasteiger partial charge in [-0.3, -0.25) is 0 Å². The number of halogens is 1. The van der Waals surface area contributed by atoms with E-state index in [0.717, 1.165) is 123 Å². The first-order valence-electron chi connectivity index (χ1n) is 47.5. The standard InChI is InChI=1S/C57H83O4P.C29H44O2.C28H40ClO2P.C4H9.Li/c1-50(2,3)34-26-38(46(58-25)42(30-34)54(13,14)15)39-27-35(51(4,5)6)31-43(55(16,17)18)47(39)59-62-60-48-40(28-36(52(7,8)9)32-44(48)56(19,20)21)41-29-37(53(10,11)12)33-45(49(41)61-62)57(22,23)24;1-26(2,3)18-14-20(24(30)22(16-18)28(7,8)9)21-15-19(27(4,5)6)17-23(25(21)31-13)29(10,11)12;1-25(2,3)17-13-19-20-14-18(26(4,5)6)16-22(28(10,11)12)24(20)31-32(29)30-23(19)21(15-17)27(7,8)9;1-3-4-2;/h26-33H,1-25H3;14-17,30H,1-13H3;13-16H,1-12H3;1,3-4H2,2H3;/q;;;-1;+1. The van der Waals surface area contributed by atoms with Crippen LogP contribution in [-0.4, -0.2) is 19.3 Å². The van der Waals surface area contributed by atoms with Crippen molar-refractivity contribution in [1.29, 1.82) is 0 Å². The van der Waals surface area contributed by atoms with Crippen molar-refractivity contribution in [3.05, 3.63) is 193 Å². The van der Waals surface area contributed by atoms with Crippen LogP contribution in [0.2, 0.25) is 0 Å². The van der Waals surface area contributed by atoms with E-state index in [1.807, 2.05) is 0 Å². The number of methoxy groups -OCH3 is 2. The quantitative estimate of drug-likeness (QED) is 0.124. The second-order valence-corrected chi connectivity index (χ2v) is 56.0. The van der Waals surface area contributed by atoms with Gasteiger partial charge < -0.3 is 42.8 Å². The number of ether oxygens (including phenoxy) is 2. The summed E-state index contributed by atoms with van der Waals surface area (Å²) in [7, 11) is -0.154. The zero-order valence-corrected chi connectivity index (χ0v) is 94.5. The van der Waals surface area contributed by atoms with Gasteiger partial charge in [-0.15, -0.1) is 0 Å². The zero-order valence-electron chi connectivity index (χ0n) is 91.9. The number of benzene rings is 8. The van der Waals surface area contributed by atoms with Crippen LogP contribution in [0.1, 0.15) is 441 Å². The van der Waals surface area contributed by atoms with Crippen molar-refractivity contribution in [3.8, 4) is 45.3 Å². The van der Waals surface area contributed by atoms with Crippen LogP contribution in [-0.2, 0) is 86.6 Å². The van der Waals surface area contributed by atoms with Crippen LogP contribution in [0.25, 0.3) is 66.1 Å². The van der Waals surface area contributed by atoms with Crippen LogP contribution in [0.15, 0.2) is 114 Å². The summed E-state index contributed by atoms with van der Waals surface area (Å²) in [5.41, 5.74) is 24.2. The molecule has 0 saturated heterocycles. The van der Waals surface area contributed by atoms with Gasteiger partial charge in [0, 0.05) is 99.5 Å². The van der Waals surface area contributed by atoms with Crippen molar-refractivity contribution in [2.75, 3.05) is 14.2 Å². The monoisotopic (exact) mass is 1830 g/mol. The Bertz CT molecular complexity index is 5610. The Morgan fingerprint density at radius 1 is 0.262 bits per heavy atom. The first-order valence-corrected chi connectivity index (χ1v) is 50.7. The molecule has 0 aliphatic rings. The van der Waals surface area contributed by atoms with E-state index >= 15 is 0 Å². The molecule has 0 aliphatic carbocycles. The molecule has 10 aromatic rings. The molecular formula is C118H176ClLiO8P2. The van der Waals surface area contributed by atoms with Gasteiger partial charge >= 0.3 is 34.5 Å². The van der Waals surface area contributed by atoms with E-state index < -0.39 is 15.6 Å². The largest absolute Gasteiger partial charge is 1.00 e. The van der Waals surface area contributed by atoms with E-state index in [0.29, 0.717) is 5.75 Å². The van der Waals surface area contributed by atoms with Gasteiger partial charge in [-0.25, -0.2) is 0 Å². The molecule has 0 aliphatic heterocycles. The van der Waals surface area contributed by atoms with Crippen molar-refractivity contribution in [2.45, 2.75) is 439 Å². The summed E-state index contributed by atoms with van der Waals surface area (Å²) in [6.45, 7) is 114. The minimum Gasteiger partial charge on any atom is -0.507 e. The Labute approximate surface area is 810 Å². The minimum absolute atomic E-state index is 0.